The van der Waals surface area contributed by atoms with Crippen molar-refractivity contribution in [1.82, 2.24) is 0 Å². The van der Waals surface area contributed by atoms with Gasteiger partial charge in [-0.25, -0.2) is 0 Å². The molecule has 0 heterocycles. The Bertz CT molecular complexity index is 1740. The Kier molecular flexibility index (Phi) is 12.0. The van der Waals surface area contributed by atoms with E-state index in [4.69, 9.17) is 0 Å². The molecule has 0 saturated heterocycles. The van der Waals surface area contributed by atoms with Crippen molar-refractivity contribution in [1.29, 1.82) is 0 Å². The van der Waals surface area contributed by atoms with Crippen molar-refractivity contribution >= 4 is 24.3 Å². The summed E-state index contributed by atoms with van der Waals surface area (Å²) in [7, 11) is 0. The third-order valence-electron chi connectivity index (χ3n) is 7.53. The van der Waals surface area contributed by atoms with Crippen LogP contribution in [0.25, 0.3) is 46.6 Å². The summed E-state index contributed by atoms with van der Waals surface area (Å²) in [5, 5.41) is 25.7. The van der Waals surface area contributed by atoms with Crippen LogP contribution in [0.3, 0.4) is 0 Å². The second-order valence-corrected chi connectivity index (χ2v) is 10.6. The van der Waals surface area contributed by atoms with Crippen LogP contribution in [-0.4, -0.2) is 0 Å². The molecule has 0 amide bonds. The van der Waals surface area contributed by atoms with Gasteiger partial charge in [0.15, 0.2) is 0 Å². The minimum atomic E-state index is -0.0643. The number of hydrogen-bond acceptors (Lipinski definition) is 2. The number of rotatable bonds is 8. The van der Waals surface area contributed by atoms with Crippen LogP contribution in [0, 0.1) is 0 Å². The van der Waals surface area contributed by atoms with Crippen LogP contribution >= 0.6 is 0 Å². The van der Waals surface area contributed by atoms with Gasteiger partial charge in [0.2, 0.25) is 0 Å². The standard InChI is InChI=1S/C41H32O2.2Li/c42-40-25-23-36(34-19-15-32(16-20-34)13-11-30-7-3-1-4-8-30)27-38(40)29-39-28-37(24-26-41(39)43)35-21-17-33(18-22-35)14-12-31-9-5-2-6-10-31;;/h1-28,42-43H,29H2;;/q;2*+1/p-2/b13-11+,14-12+;;. The van der Waals surface area contributed by atoms with Crippen molar-refractivity contribution in [2.24, 2.45) is 0 Å². The molecule has 0 aliphatic rings. The van der Waals surface area contributed by atoms with Crippen molar-refractivity contribution in [3.63, 3.8) is 0 Å². The molecule has 6 aromatic rings. The van der Waals surface area contributed by atoms with Gasteiger partial charge in [0, 0.05) is 0 Å². The molecule has 0 bridgehead atoms. The van der Waals surface area contributed by atoms with E-state index < -0.39 is 0 Å². The Morgan fingerprint density at radius 2 is 0.667 bits per heavy atom. The minimum absolute atomic E-state index is 0. The first-order valence-electron chi connectivity index (χ1n) is 14.4. The Morgan fingerprint density at radius 1 is 0.356 bits per heavy atom. The van der Waals surface area contributed by atoms with E-state index in [1.165, 1.54) is 0 Å². The molecule has 0 aliphatic carbocycles. The summed E-state index contributed by atoms with van der Waals surface area (Å²) in [4.78, 5) is 0. The SMILES string of the molecule is [Li+].[Li+].[O-]c1ccc(-c2ccc(/C=C/c3ccccc3)cc2)cc1Cc1cc(-c2ccc(/C=C/c3ccccc3)cc2)ccc1[O-]. The van der Waals surface area contributed by atoms with Crippen LogP contribution in [0.15, 0.2) is 146 Å². The first kappa shape index (κ1) is 33.5. The zero-order valence-corrected chi connectivity index (χ0v) is 25.7. The Hall–Kier alpha value is -4.41. The first-order valence-corrected chi connectivity index (χ1v) is 14.4. The van der Waals surface area contributed by atoms with Gasteiger partial charge in [-0.2, -0.15) is 0 Å². The van der Waals surface area contributed by atoms with E-state index in [1.54, 1.807) is 12.1 Å². The fourth-order valence-electron chi connectivity index (χ4n) is 5.09. The van der Waals surface area contributed by atoms with E-state index >= 15 is 0 Å². The van der Waals surface area contributed by atoms with E-state index in [9.17, 15) is 10.2 Å². The van der Waals surface area contributed by atoms with E-state index in [2.05, 4.69) is 97.1 Å². The molecule has 0 N–H and O–H groups in total. The van der Waals surface area contributed by atoms with Crippen LogP contribution in [0.2, 0.25) is 0 Å². The molecule has 0 saturated carbocycles. The first-order chi connectivity index (χ1) is 21.1. The van der Waals surface area contributed by atoms with E-state index in [1.807, 2.05) is 60.7 Å². The maximum Gasteiger partial charge on any atom is 1.00 e. The quantitative estimate of drug-likeness (QED) is 0.209. The van der Waals surface area contributed by atoms with Gasteiger partial charge in [0.05, 0.1) is 0 Å². The second-order valence-electron chi connectivity index (χ2n) is 10.6. The monoisotopic (exact) mass is 568 g/mol. The summed E-state index contributed by atoms with van der Waals surface area (Å²) in [6.45, 7) is 0. The Balaban J connectivity index is 0.00000230. The molecule has 6 rings (SSSR count). The van der Waals surface area contributed by atoms with Gasteiger partial charge in [-0.1, -0.05) is 181 Å². The molecule has 0 aliphatic heterocycles. The normalized spacial score (nSPS) is 10.8. The van der Waals surface area contributed by atoms with Crippen LogP contribution in [-0.2, 0) is 6.42 Å². The minimum Gasteiger partial charge on any atom is -0.872 e. The van der Waals surface area contributed by atoms with Gasteiger partial charge in [-0.05, 0) is 50.9 Å². The van der Waals surface area contributed by atoms with Crippen molar-refractivity contribution in [2.75, 3.05) is 0 Å². The number of hydrogen-bond donors (Lipinski definition) is 0. The molecule has 0 fully saturated rings. The Morgan fingerprint density at radius 3 is 1.02 bits per heavy atom. The molecule has 0 radical (unpaired) electrons. The van der Waals surface area contributed by atoms with Crippen molar-refractivity contribution in [3.05, 3.63) is 179 Å². The summed E-state index contributed by atoms with van der Waals surface area (Å²) in [5.41, 5.74) is 9.68. The summed E-state index contributed by atoms with van der Waals surface area (Å²) in [6.07, 6.45) is 8.64. The summed E-state index contributed by atoms with van der Waals surface area (Å²) < 4.78 is 0. The summed E-state index contributed by atoms with van der Waals surface area (Å²) in [6, 6.07) is 47.7. The molecule has 4 heteroatoms. The molecule has 6 aromatic carbocycles. The molecule has 0 spiro atoms. The predicted molar refractivity (Wildman–Crippen MR) is 176 cm³/mol. The molecule has 0 atom stereocenters. The number of benzene rings is 6. The van der Waals surface area contributed by atoms with Gasteiger partial charge in [-0.3, -0.25) is 0 Å². The molecule has 208 valence electrons. The Labute approximate surface area is 289 Å². The van der Waals surface area contributed by atoms with Gasteiger partial charge in [-0.15, -0.1) is 11.5 Å². The van der Waals surface area contributed by atoms with Crippen LogP contribution in [0.1, 0.15) is 33.4 Å². The fraction of sp³-hybridized carbons (Fsp3) is 0.0244. The van der Waals surface area contributed by atoms with Gasteiger partial charge < -0.3 is 10.2 Å². The molecular formula is C41H30Li2O2. The van der Waals surface area contributed by atoms with Gasteiger partial charge >= 0.3 is 37.7 Å². The van der Waals surface area contributed by atoms with Gasteiger partial charge in [0.1, 0.15) is 0 Å². The molecule has 2 nitrogen and oxygen atoms in total. The molecule has 45 heavy (non-hydrogen) atoms. The average molecular weight is 569 g/mol. The van der Waals surface area contributed by atoms with Crippen LogP contribution < -0.4 is 47.9 Å². The molecular weight excluding hydrogens is 538 g/mol. The fourth-order valence-corrected chi connectivity index (χ4v) is 5.09. The van der Waals surface area contributed by atoms with Gasteiger partial charge in [0.25, 0.3) is 0 Å². The molecule has 0 aromatic heterocycles. The topological polar surface area (TPSA) is 46.1 Å². The third-order valence-corrected chi connectivity index (χ3v) is 7.53. The largest absolute Gasteiger partial charge is 1.00 e. The van der Waals surface area contributed by atoms with Crippen LogP contribution in [0.4, 0.5) is 0 Å². The summed E-state index contributed by atoms with van der Waals surface area (Å²) >= 11 is 0. The summed E-state index contributed by atoms with van der Waals surface area (Å²) in [5.74, 6) is -0.129. The predicted octanol–water partition coefficient (Wildman–Crippen LogP) is 3.11. The van der Waals surface area contributed by atoms with E-state index in [0.29, 0.717) is 11.1 Å². The maximum absolute atomic E-state index is 12.8. The van der Waals surface area contributed by atoms with Crippen molar-refractivity contribution in [3.8, 4) is 33.8 Å². The second kappa shape index (κ2) is 16.1. The third kappa shape index (κ3) is 8.83. The zero-order valence-electron chi connectivity index (χ0n) is 25.7. The van der Waals surface area contributed by atoms with Crippen LogP contribution in [0.5, 0.6) is 11.5 Å². The molecule has 0 unspecified atom stereocenters. The van der Waals surface area contributed by atoms with Crippen molar-refractivity contribution < 1.29 is 47.9 Å². The smallest absolute Gasteiger partial charge is 0.872 e. The zero-order chi connectivity index (χ0) is 29.4. The average Bonchev–Trinajstić information content (AvgIpc) is 3.06. The van der Waals surface area contributed by atoms with E-state index in [-0.39, 0.29) is 55.6 Å². The van der Waals surface area contributed by atoms with E-state index in [0.717, 1.165) is 44.5 Å². The maximum atomic E-state index is 12.8. The van der Waals surface area contributed by atoms with Crippen molar-refractivity contribution in [2.45, 2.75) is 6.42 Å².